The van der Waals surface area contributed by atoms with Crippen molar-refractivity contribution in [3.8, 4) is 5.75 Å². The quantitative estimate of drug-likeness (QED) is 0.409. The lowest BCUT2D eigenvalue weighted by Gasteiger charge is -2.12. The van der Waals surface area contributed by atoms with Crippen LogP contribution in [-0.4, -0.2) is 25.7 Å². The number of phenolic OH excluding ortho intramolecular Hbond substituents is 1. The summed E-state index contributed by atoms with van der Waals surface area (Å²) in [6, 6.07) is 5.85. The molecule has 25 heavy (non-hydrogen) atoms. The summed E-state index contributed by atoms with van der Waals surface area (Å²) in [5.41, 5.74) is 3.44. The molecule has 3 N–H and O–H groups in total. The van der Waals surface area contributed by atoms with E-state index in [1.165, 1.54) is 44.6 Å². The molecule has 0 radical (unpaired) electrons. The van der Waals surface area contributed by atoms with Crippen LogP contribution >= 0.6 is 0 Å². The molecule has 0 atom stereocenters. The minimum Gasteiger partial charge on any atom is -0.506 e. The van der Waals surface area contributed by atoms with Crippen molar-refractivity contribution in [3.63, 3.8) is 0 Å². The van der Waals surface area contributed by atoms with Gasteiger partial charge in [-0.3, -0.25) is 4.79 Å². The molecule has 0 saturated heterocycles. The lowest BCUT2D eigenvalue weighted by molar-refractivity contribution is 0.102. The van der Waals surface area contributed by atoms with Gasteiger partial charge >= 0.3 is 0 Å². The fraction of sp³-hybridized carbons (Fsp3) is 0.188. The number of carbonyl (C=O) groups is 1. The summed E-state index contributed by atoms with van der Waals surface area (Å²) in [7, 11) is -3.35. The van der Waals surface area contributed by atoms with Crippen molar-refractivity contribution in [2.45, 2.75) is 13.8 Å². The molecular weight excluding hydrogens is 348 g/mol. The molecule has 2 rings (SSSR count). The summed E-state index contributed by atoms with van der Waals surface area (Å²) in [4.78, 5) is 17.2. The normalized spacial score (nSPS) is 12.3. The van der Waals surface area contributed by atoms with Crippen LogP contribution in [0.5, 0.6) is 5.75 Å². The van der Waals surface area contributed by atoms with E-state index in [-0.39, 0.29) is 22.1 Å². The fourth-order valence-corrected chi connectivity index (χ4v) is 2.32. The molecule has 2 aromatic rings. The Morgan fingerprint density at radius 1 is 1.24 bits per heavy atom. The van der Waals surface area contributed by atoms with E-state index in [4.69, 9.17) is 9.25 Å². The van der Waals surface area contributed by atoms with Crippen LogP contribution in [0.25, 0.3) is 0 Å². The number of anilines is 2. The third-order valence-electron chi connectivity index (χ3n) is 3.40. The van der Waals surface area contributed by atoms with E-state index >= 15 is 0 Å². The van der Waals surface area contributed by atoms with Crippen LogP contribution in [0.15, 0.2) is 51.9 Å². The number of furan rings is 1. The molecule has 1 aromatic carbocycles. The number of rotatable bonds is 6. The van der Waals surface area contributed by atoms with Gasteiger partial charge in [0, 0.05) is 12.3 Å². The minimum atomic E-state index is -3.35. The first-order valence-corrected chi connectivity index (χ1v) is 9.04. The maximum atomic E-state index is 11.9. The Bertz CT molecular complexity index is 901. The van der Waals surface area contributed by atoms with Crippen molar-refractivity contribution in [2.24, 2.45) is 0 Å². The Morgan fingerprint density at radius 3 is 2.52 bits per heavy atom. The van der Waals surface area contributed by atoms with Gasteiger partial charge in [-0.05, 0) is 32.0 Å². The second-order valence-electron chi connectivity index (χ2n) is 5.29. The number of sulfone groups is 1. The number of nitrogens with one attached hydrogen (secondary N) is 2. The van der Waals surface area contributed by atoms with Crippen LogP contribution in [0.2, 0.25) is 0 Å². The second kappa shape index (κ2) is 7.31. The smallest absolute Gasteiger partial charge is 0.259 e. The Kier molecular flexibility index (Phi) is 5.38. The third-order valence-corrected chi connectivity index (χ3v) is 4.80. The standard InChI is InChI=1S/C16H18N2O6S/c1-10(11(2)25(3,21)22)24-18-13-4-5-14(15(19)8-13)17-16(20)12-6-7-23-9-12/h4-9,18-19H,1-3H3,(H,17,20)/b11-10-. The molecule has 0 unspecified atom stereocenters. The largest absolute Gasteiger partial charge is 0.506 e. The molecule has 1 amide bonds. The molecule has 0 fully saturated rings. The highest BCUT2D eigenvalue weighted by atomic mass is 32.2. The van der Waals surface area contributed by atoms with Crippen LogP contribution in [0.1, 0.15) is 24.2 Å². The van der Waals surface area contributed by atoms with Gasteiger partial charge in [-0.15, -0.1) is 0 Å². The summed E-state index contributed by atoms with van der Waals surface area (Å²) >= 11 is 0. The van der Waals surface area contributed by atoms with Crippen molar-refractivity contribution in [1.82, 2.24) is 0 Å². The maximum Gasteiger partial charge on any atom is 0.259 e. The molecule has 8 nitrogen and oxygen atoms in total. The topological polar surface area (TPSA) is 118 Å². The first kappa shape index (κ1) is 18.4. The van der Waals surface area contributed by atoms with Crippen LogP contribution in [0, 0.1) is 0 Å². The molecule has 0 aliphatic carbocycles. The van der Waals surface area contributed by atoms with Gasteiger partial charge in [0.2, 0.25) is 0 Å². The zero-order valence-electron chi connectivity index (χ0n) is 13.9. The number of hydrogen-bond acceptors (Lipinski definition) is 7. The van der Waals surface area contributed by atoms with E-state index in [0.29, 0.717) is 11.3 Å². The van der Waals surface area contributed by atoms with Gasteiger partial charge in [0.05, 0.1) is 28.1 Å². The van der Waals surface area contributed by atoms with E-state index < -0.39 is 15.7 Å². The number of hydrogen-bond donors (Lipinski definition) is 3. The van der Waals surface area contributed by atoms with Gasteiger partial charge in [-0.1, -0.05) is 0 Å². The van der Waals surface area contributed by atoms with Gasteiger partial charge in [0.15, 0.2) is 9.84 Å². The monoisotopic (exact) mass is 366 g/mol. The first-order chi connectivity index (χ1) is 11.7. The maximum absolute atomic E-state index is 11.9. The molecule has 1 heterocycles. The van der Waals surface area contributed by atoms with Gasteiger partial charge < -0.3 is 19.7 Å². The van der Waals surface area contributed by atoms with Crippen LogP contribution < -0.4 is 10.8 Å². The van der Waals surface area contributed by atoms with Crippen molar-refractivity contribution < 1.29 is 27.6 Å². The van der Waals surface area contributed by atoms with Gasteiger partial charge in [-0.2, -0.15) is 0 Å². The van der Waals surface area contributed by atoms with Crippen molar-refractivity contribution >= 4 is 27.1 Å². The van der Waals surface area contributed by atoms with Crippen LogP contribution in [-0.2, 0) is 14.7 Å². The summed E-state index contributed by atoms with van der Waals surface area (Å²) < 4.78 is 27.7. The molecule has 134 valence electrons. The van der Waals surface area contributed by atoms with Crippen LogP contribution in [0.3, 0.4) is 0 Å². The van der Waals surface area contributed by atoms with Gasteiger partial charge in [0.25, 0.3) is 5.91 Å². The third kappa shape index (κ3) is 4.77. The predicted octanol–water partition coefficient (Wildman–Crippen LogP) is 2.88. The number of phenols is 1. The van der Waals surface area contributed by atoms with Crippen molar-refractivity contribution in [2.75, 3.05) is 17.1 Å². The molecular formula is C16H18N2O6S. The molecule has 0 spiro atoms. The summed E-state index contributed by atoms with van der Waals surface area (Å²) in [5, 5.41) is 12.5. The predicted molar refractivity (Wildman–Crippen MR) is 92.7 cm³/mol. The highest BCUT2D eigenvalue weighted by molar-refractivity contribution is 7.94. The fourth-order valence-electron chi connectivity index (χ4n) is 1.76. The molecule has 9 heteroatoms. The van der Waals surface area contributed by atoms with E-state index in [9.17, 15) is 18.3 Å². The summed E-state index contributed by atoms with van der Waals surface area (Å²) in [5.74, 6) is -0.435. The first-order valence-electron chi connectivity index (χ1n) is 7.15. The average molecular weight is 366 g/mol. The molecule has 1 aromatic heterocycles. The molecule has 0 saturated carbocycles. The SMILES string of the molecule is C/C(ONc1ccc(NC(=O)c2ccoc2)c(O)c1)=C(\C)S(C)(=O)=O. The van der Waals surface area contributed by atoms with E-state index in [1.807, 2.05) is 0 Å². The highest BCUT2D eigenvalue weighted by Gasteiger charge is 2.12. The lowest BCUT2D eigenvalue weighted by atomic mass is 10.2. The summed E-state index contributed by atoms with van der Waals surface area (Å²) in [6.07, 6.45) is 3.74. The average Bonchev–Trinajstić information content (AvgIpc) is 3.07. The molecule has 0 bridgehead atoms. The van der Waals surface area contributed by atoms with Gasteiger partial charge in [-0.25, -0.2) is 13.9 Å². The number of aromatic hydroxyl groups is 1. The van der Waals surface area contributed by atoms with Crippen molar-refractivity contribution in [3.05, 3.63) is 53.0 Å². The van der Waals surface area contributed by atoms with E-state index in [1.54, 1.807) is 6.07 Å². The summed E-state index contributed by atoms with van der Waals surface area (Å²) in [6.45, 7) is 2.93. The lowest BCUT2D eigenvalue weighted by Crippen LogP contribution is -2.11. The Hall–Kier alpha value is -2.94. The minimum absolute atomic E-state index is 0.0909. The second-order valence-corrected chi connectivity index (χ2v) is 7.44. The van der Waals surface area contributed by atoms with E-state index in [0.717, 1.165) is 6.26 Å². The zero-order valence-corrected chi connectivity index (χ0v) is 14.7. The van der Waals surface area contributed by atoms with Crippen LogP contribution in [0.4, 0.5) is 11.4 Å². The molecule has 0 aliphatic rings. The number of benzene rings is 1. The number of allylic oxidation sites excluding steroid dienone is 2. The Morgan fingerprint density at radius 2 is 1.96 bits per heavy atom. The van der Waals surface area contributed by atoms with Crippen molar-refractivity contribution in [1.29, 1.82) is 0 Å². The van der Waals surface area contributed by atoms with E-state index in [2.05, 4.69) is 10.8 Å². The number of carbonyl (C=O) groups excluding carboxylic acids is 1. The highest BCUT2D eigenvalue weighted by Crippen LogP contribution is 2.27. The van der Waals surface area contributed by atoms with Gasteiger partial charge in [0.1, 0.15) is 17.8 Å². The Balaban J connectivity index is 2.06. The zero-order chi connectivity index (χ0) is 18.6. The molecule has 0 aliphatic heterocycles. The number of amides is 1. The Labute approximate surface area is 145 Å².